The second kappa shape index (κ2) is 5.72. The van der Waals surface area contributed by atoms with Crippen molar-refractivity contribution in [3.05, 3.63) is 0 Å². The number of nitrogens with zero attached hydrogens (tertiary/aromatic N) is 2. The number of hydrogen-bond donors (Lipinski definition) is 1. The first kappa shape index (κ1) is 14.0. The standard InChI is InChI=1S/C14H27N3S/c1-11(2)12-9-17(7-8-18-12)13(15-4)16-10-14(3)5-6-14/h11-12H,5-10H2,1-4H3,(H,15,16). The smallest absolute Gasteiger partial charge is 0.193 e. The van der Waals surface area contributed by atoms with Gasteiger partial charge in [-0.2, -0.15) is 11.8 Å². The van der Waals surface area contributed by atoms with Gasteiger partial charge in [0.2, 0.25) is 0 Å². The van der Waals surface area contributed by atoms with E-state index in [1.54, 1.807) is 0 Å². The lowest BCUT2D eigenvalue weighted by molar-refractivity contribution is 0.376. The molecular formula is C14H27N3S. The molecule has 2 rings (SSSR count). The Balaban J connectivity index is 1.87. The van der Waals surface area contributed by atoms with Crippen molar-refractivity contribution in [2.75, 3.05) is 32.4 Å². The molecule has 3 nitrogen and oxygen atoms in total. The summed E-state index contributed by atoms with van der Waals surface area (Å²) in [6.45, 7) is 10.3. The van der Waals surface area contributed by atoms with Gasteiger partial charge in [-0.05, 0) is 24.2 Å². The van der Waals surface area contributed by atoms with E-state index in [0.717, 1.165) is 36.8 Å². The van der Waals surface area contributed by atoms with Crippen molar-refractivity contribution in [3.63, 3.8) is 0 Å². The Morgan fingerprint density at radius 3 is 2.78 bits per heavy atom. The van der Waals surface area contributed by atoms with Gasteiger partial charge in [-0.1, -0.05) is 20.8 Å². The summed E-state index contributed by atoms with van der Waals surface area (Å²) >= 11 is 2.11. The monoisotopic (exact) mass is 269 g/mol. The van der Waals surface area contributed by atoms with Crippen molar-refractivity contribution in [2.24, 2.45) is 16.3 Å². The van der Waals surface area contributed by atoms with Crippen LogP contribution in [-0.2, 0) is 0 Å². The van der Waals surface area contributed by atoms with Crippen LogP contribution in [0.15, 0.2) is 4.99 Å². The van der Waals surface area contributed by atoms with Crippen molar-refractivity contribution in [1.29, 1.82) is 0 Å². The molecule has 1 saturated carbocycles. The summed E-state index contributed by atoms with van der Waals surface area (Å²) in [5, 5.41) is 4.31. The maximum Gasteiger partial charge on any atom is 0.193 e. The van der Waals surface area contributed by atoms with Crippen LogP contribution < -0.4 is 5.32 Å². The number of hydrogen-bond acceptors (Lipinski definition) is 2. The first-order valence-corrected chi connectivity index (χ1v) is 8.16. The SMILES string of the molecule is CN=C(NCC1(C)CC1)N1CCSC(C(C)C)C1. The number of thioether (sulfide) groups is 1. The van der Waals surface area contributed by atoms with Crippen LogP contribution in [0, 0.1) is 11.3 Å². The van der Waals surface area contributed by atoms with Gasteiger partial charge in [0.1, 0.15) is 0 Å². The van der Waals surface area contributed by atoms with E-state index in [9.17, 15) is 0 Å². The molecule has 104 valence electrons. The normalized spacial score (nSPS) is 27.5. The number of rotatable bonds is 3. The van der Waals surface area contributed by atoms with Gasteiger partial charge >= 0.3 is 0 Å². The van der Waals surface area contributed by atoms with Crippen molar-refractivity contribution in [3.8, 4) is 0 Å². The summed E-state index contributed by atoms with van der Waals surface area (Å²) in [6.07, 6.45) is 2.73. The van der Waals surface area contributed by atoms with Crippen LogP contribution >= 0.6 is 11.8 Å². The second-order valence-electron chi connectivity index (χ2n) is 6.31. The van der Waals surface area contributed by atoms with Gasteiger partial charge in [-0.15, -0.1) is 0 Å². The highest BCUT2D eigenvalue weighted by Crippen LogP contribution is 2.44. The van der Waals surface area contributed by atoms with Crippen LogP contribution in [-0.4, -0.2) is 48.5 Å². The number of guanidine groups is 1. The maximum atomic E-state index is 4.46. The minimum Gasteiger partial charge on any atom is -0.356 e. The molecular weight excluding hydrogens is 242 g/mol. The summed E-state index contributed by atoms with van der Waals surface area (Å²) in [5.74, 6) is 3.08. The van der Waals surface area contributed by atoms with Crippen LogP contribution in [0.25, 0.3) is 0 Å². The van der Waals surface area contributed by atoms with Crippen molar-refractivity contribution in [1.82, 2.24) is 10.2 Å². The Bertz CT molecular complexity index is 310. The molecule has 0 spiro atoms. The predicted octanol–water partition coefficient (Wildman–Crippen LogP) is 2.44. The summed E-state index contributed by atoms with van der Waals surface area (Å²) in [5.41, 5.74) is 0.540. The van der Waals surface area contributed by atoms with Crippen LogP contribution in [0.5, 0.6) is 0 Å². The Labute approximate surface area is 116 Å². The van der Waals surface area contributed by atoms with Gasteiger partial charge < -0.3 is 10.2 Å². The van der Waals surface area contributed by atoms with Crippen LogP contribution in [0.2, 0.25) is 0 Å². The fraction of sp³-hybridized carbons (Fsp3) is 0.929. The number of nitrogens with one attached hydrogen (secondary N) is 1. The molecule has 2 aliphatic rings. The average Bonchev–Trinajstić information content (AvgIpc) is 3.09. The lowest BCUT2D eigenvalue weighted by atomic mass is 10.1. The third kappa shape index (κ3) is 3.56. The first-order chi connectivity index (χ1) is 8.54. The Morgan fingerprint density at radius 2 is 2.22 bits per heavy atom. The zero-order valence-corrected chi connectivity index (χ0v) is 13.0. The molecule has 1 N–H and O–H groups in total. The highest BCUT2D eigenvalue weighted by Gasteiger charge is 2.37. The topological polar surface area (TPSA) is 27.6 Å². The molecule has 1 saturated heterocycles. The fourth-order valence-corrected chi connectivity index (χ4v) is 3.58. The molecule has 0 bridgehead atoms. The molecule has 2 fully saturated rings. The lowest BCUT2D eigenvalue weighted by Gasteiger charge is -2.36. The van der Waals surface area contributed by atoms with E-state index in [0.29, 0.717) is 5.41 Å². The summed E-state index contributed by atoms with van der Waals surface area (Å²) in [7, 11) is 1.91. The van der Waals surface area contributed by atoms with Crippen molar-refractivity contribution in [2.45, 2.75) is 38.9 Å². The lowest BCUT2D eigenvalue weighted by Crippen LogP contribution is -2.49. The van der Waals surface area contributed by atoms with E-state index in [2.05, 4.69) is 47.7 Å². The van der Waals surface area contributed by atoms with E-state index in [4.69, 9.17) is 0 Å². The summed E-state index contributed by atoms with van der Waals surface area (Å²) in [4.78, 5) is 6.90. The van der Waals surface area contributed by atoms with Crippen LogP contribution in [0.4, 0.5) is 0 Å². The van der Waals surface area contributed by atoms with Crippen LogP contribution in [0.1, 0.15) is 33.6 Å². The van der Waals surface area contributed by atoms with E-state index in [1.165, 1.54) is 18.6 Å². The van der Waals surface area contributed by atoms with Gasteiger partial charge in [-0.3, -0.25) is 4.99 Å². The predicted molar refractivity (Wildman–Crippen MR) is 81.4 cm³/mol. The zero-order valence-electron chi connectivity index (χ0n) is 12.2. The molecule has 1 heterocycles. The third-order valence-electron chi connectivity index (χ3n) is 4.13. The summed E-state index contributed by atoms with van der Waals surface area (Å²) < 4.78 is 0. The van der Waals surface area contributed by atoms with Gasteiger partial charge in [0.15, 0.2) is 5.96 Å². The van der Waals surface area contributed by atoms with Gasteiger partial charge in [-0.25, -0.2) is 0 Å². The van der Waals surface area contributed by atoms with E-state index >= 15 is 0 Å². The van der Waals surface area contributed by atoms with Gasteiger partial charge in [0, 0.05) is 37.7 Å². The largest absolute Gasteiger partial charge is 0.356 e. The van der Waals surface area contributed by atoms with Crippen LogP contribution in [0.3, 0.4) is 0 Å². The molecule has 4 heteroatoms. The van der Waals surface area contributed by atoms with Crippen molar-refractivity contribution >= 4 is 17.7 Å². The Kier molecular flexibility index (Phi) is 4.46. The van der Waals surface area contributed by atoms with E-state index in [-0.39, 0.29) is 0 Å². The molecule has 0 radical (unpaired) electrons. The first-order valence-electron chi connectivity index (χ1n) is 7.11. The quantitative estimate of drug-likeness (QED) is 0.630. The molecule has 1 aliphatic carbocycles. The minimum absolute atomic E-state index is 0.540. The average molecular weight is 269 g/mol. The number of aliphatic imine (C=N–C) groups is 1. The van der Waals surface area contributed by atoms with E-state index < -0.39 is 0 Å². The minimum atomic E-state index is 0.540. The molecule has 18 heavy (non-hydrogen) atoms. The Morgan fingerprint density at radius 1 is 1.50 bits per heavy atom. The van der Waals surface area contributed by atoms with Gasteiger partial charge in [0.25, 0.3) is 0 Å². The Hall–Kier alpha value is -0.380. The third-order valence-corrected chi connectivity index (χ3v) is 5.67. The van der Waals surface area contributed by atoms with Crippen molar-refractivity contribution < 1.29 is 0 Å². The second-order valence-corrected chi connectivity index (χ2v) is 7.66. The van der Waals surface area contributed by atoms with E-state index in [1.807, 2.05) is 7.05 Å². The molecule has 1 atom stereocenters. The molecule has 0 amide bonds. The fourth-order valence-electron chi connectivity index (χ4n) is 2.29. The highest BCUT2D eigenvalue weighted by molar-refractivity contribution is 8.00. The molecule has 0 aromatic carbocycles. The zero-order chi connectivity index (χ0) is 13.2. The maximum absolute atomic E-state index is 4.46. The summed E-state index contributed by atoms with van der Waals surface area (Å²) in [6, 6.07) is 0. The molecule has 1 unspecified atom stereocenters. The molecule has 0 aromatic heterocycles. The molecule has 1 aliphatic heterocycles. The molecule has 0 aromatic rings. The van der Waals surface area contributed by atoms with Gasteiger partial charge in [0.05, 0.1) is 0 Å². The highest BCUT2D eigenvalue weighted by atomic mass is 32.2.